The summed E-state index contributed by atoms with van der Waals surface area (Å²) >= 11 is 5.78. The molecule has 0 bridgehead atoms. The minimum absolute atomic E-state index is 0.119. The standard InChI is InChI=1S/C14H19ClN2O3S/c1-21(19,20)17(13-6-7-13)9-8-16-14(18)10-11-2-4-12(15)5-3-11/h2-5,13H,6-10H2,1H3,(H,16,18). The van der Waals surface area contributed by atoms with Crippen LogP contribution in [0.2, 0.25) is 5.02 Å². The van der Waals surface area contributed by atoms with Gasteiger partial charge in [-0.1, -0.05) is 23.7 Å². The molecule has 1 aromatic carbocycles. The lowest BCUT2D eigenvalue weighted by Gasteiger charge is -2.19. The van der Waals surface area contributed by atoms with E-state index in [9.17, 15) is 13.2 Å². The number of halogens is 1. The Hall–Kier alpha value is -1.11. The zero-order valence-corrected chi connectivity index (χ0v) is 13.5. The Bertz CT molecular complexity index is 597. The van der Waals surface area contributed by atoms with Crippen LogP contribution in [0.5, 0.6) is 0 Å². The molecular formula is C14H19ClN2O3S. The van der Waals surface area contributed by atoms with Gasteiger partial charge in [-0.3, -0.25) is 4.79 Å². The molecular weight excluding hydrogens is 312 g/mol. The van der Waals surface area contributed by atoms with E-state index < -0.39 is 10.0 Å². The third-order valence-corrected chi connectivity index (χ3v) is 4.90. The van der Waals surface area contributed by atoms with Gasteiger partial charge >= 0.3 is 0 Å². The highest BCUT2D eigenvalue weighted by molar-refractivity contribution is 7.88. The molecule has 7 heteroatoms. The number of hydrogen-bond donors (Lipinski definition) is 1. The molecule has 116 valence electrons. The number of nitrogens with one attached hydrogen (secondary N) is 1. The zero-order chi connectivity index (χ0) is 15.5. The first-order valence-corrected chi connectivity index (χ1v) is 9.07. The number of benzene rings is 1. The monoisotopic (exact) mass is 330 g/mol. The molecule has 2 rings (SSSR count). The number of nitrogens with zero attached hydrogens (tertiary/aromatic N) is 1. The number of carbonyl (C=O) groups is 1. The number of sulfonamides is 1. The van der Waals surface area contributed by atoms with Crippen molar-refractivity contribution in [2.75, 3.05) is 19.3 Å². The average Bonchev–Trinajstić information content (AvgIpc) is 3.20. The summed E-state index contributed by atoms with van der Waals surface area (Å²) in [5.41, 5.74) is 0.874. The molecule has 0 saturated heterocycles. The summed E-state index contributed by atoms with van der Waals surface area (Å²) in [5, 5.41) is 3.38. The van der Waals surface area contributed by atoms with E-state index in [4.69, 9.17) is 11.6 Å². The van der Waals surface area contributed by atoms with Gasteiger partial charge in [-0.05, 0) is 30.5 Å². The normalized spacial score (nSPS) is 15.2. The maximum atomic E-state index is 11.8. The van der Waals surface area contributed by atoms with Crippen LogP contribution in [0.25, 0.3) is 0 Å². The van der Waals surface area contributed by atoms with E-state index in [-0.39, 0.29) is 18.4 Å². The van der Waals surface area contributed by atoms with Gasteiger partial charge < -0.3 is 5.32 Å². The Balaban J connectivity index is 1.77. The third-order valence-electron chi connectivity index (χ3n) is 3.31. The van der Waals surface area contributed by atoms with Crippen molar-refractivity contribution in [2.45, 2.75) is 25.3 Å². The molecule has 0 unspecified atom stereocenters. The van der Waals surface area contributed by atoms with Gasteiger partial charge in [0.1, 0.15) is 0 Å². The summed E-state index contributed by atoms with van der Waals surface area (Å²) in [6, 6.07) is 7.20. The quantitative estimate of drug-likeness (QED) is 0.822. The Labute approximate surface area is 130 Å². The van der Waals surface area contributed by atoms with Gasteiger partial charge in [-0.2, -0.15) is 4.31 Å². The molecule has 1 aliphatic carbocycles. The number of amides is 1. The van der Waals surface area contributed by atoms with E-state index in [1.54, 1.807) is 24.3 Å². The van der Waals surface area contributed by atoms with Gasteiger partial charge in [0.05, 0.1) is 12.7 Å². The van der Waals surface area contributed by atoms with Crippen molar-refractivity contribution in [3.63, 3.8) is 0 Å². The first kappa shape index (κ1) is 16.3. The molecule has 0 aliphatic heterocycles. The summed E-state index contributed by atoms with van der Waals surface area (Å²) in [5.74, 6) is -0.124. The Morgan fingerprint density at radius 1 is 1.33 bits per heavy atom. The van der Waals surface area contributed by atoms with Crippen LogP contribution in [-0.2, 0) is 21.2 Å². The lowest BCUT2D eigenvalue weighted by molar-refractivity contribution is -0.120. The van der Waals surface area contributed by atoms with Crippen molar-refractivity contribution in [1.29, 1.82) is 0 Å². The Morgan fingerprint density at radius 2 is 1.95 bits per heavy atom. The fourth-order valence-electron chi connectivity index (χ4n) is 2.14. The number of rotatable bonds is 7. The predicted octanol–water partition coefficient (Wildman–Crippen LogP) is 1.42. The van der Waals surface area contributed by atoms with Crippen molar-refractivity contribution in [3.05, 3.63) is 34.9 Å². The molecule has 0 aromatic heterocycles. The van der Waals surface area contributed by atoms with Crippen LogP contribution in [0.4, 0.5) is 0 Å². The zero-order valence-electron chi connectivity index (χ0n) is 11.9. The van der Waals surface area contributed by atoms with Crippen LogP contribution in [0.1, 0.15) is 18.4 Å². The van der Waals surface area contributed by atoms with E-state index >= 15 is 0 Å². The van der Waals surface area contributed by atoms with E-state index in [0.29, 0.717) is 18.1 Å². The highest BCUT2D eigenvalue weighted by Crippen LogP contribution is 2.28. The van der Waals surface area contributed by atoms with Gasteiger partial charge in [-0.25, -0.2) is 8.42 Å². The first-order chi connectivity index (χ1) is 9.86. The second kappa shape index (κ2) is 6.77. The summed E-state index contributed by atoms with van der Waals surface area (Å²) in [4.78, 5) is 11.8. The maximum Gasteiger partial charge on any atom is 0.224 e. The summed E-state index contributed by atoms with van der Waals surface area (Å²) in [6.45, 7) is 0.659. The molecule has 1 aliphatic rings. The molecule has 1 saturated carbocycles. The minimum Gasteiger partial charge on any atom is -0.354 e. The topological polar surface area (TPSA) is 66.5 Å². The van der Waals surface area contributed by atoms with Crippen molar-refractivity contribution in [3.8, 4) is 0 Å². The van der Waals surface area contributed by atoms with Gasteiger partial charge in [0.2, 0.25) is 15.9 Å². The largest absolute Gasteiger partial charge is 0.354 e. The van der Waals surface area contributed by atoms with E-state index in [2.05, 4.69) is 5.32 Å². The third kappa shape index (κ3) is 5.30. The average molecular weight is 331 g/mol. The van der Waals surface area contributed by atoms with Crippen molar-refractivity contribution in [1.82, 2.24) is 9.62 Å². The lowest BCUT2D eigenvalue weighted by atomic mass is 10.1. The van der Waals surface area contributed by atoms with Crippen LogP contribution in [-0.4, -0.2) is 44.0 Å². The molecule has 0 heterocycles. The van der Waals surface area contributed by atoms with Gasteiger partial charge in [0.25, 0.3) is 0 Å². The van der Waals surface area contributed by atoms with Crippen molar-refractivity contribution >= 4 is 27.5 Å². The molecule has 1 aromatic rings. The molecule has 21 heavy (non-hydrogen) atoms. The fraction of sp³-hybridized carbons (Fsp3) is 0.500. The van der Waals surface area contributed by atoms with Crippen LogP contribution < -0.4 is 5.32 Å². The second-order valence-corrected chi connectivity index (χ2v) is 7.63. The van der Waals surface area contributed by atoms with Gasteiger partial charge in [0, 0.05) is 24.2 Å². The molecule has 1 fully saturated rings. The van der Waals surface area contributed by atoms with Crippen LogP contribution in [0.3, 0.4) is 0 Å². The molecule has 1 N–H and O–H groups in total. The van der Waals surface area contributed by atoms with E-state index in [1.807, 2.05) is 0 Å². The second-order valence-electron chi connectivity index (χ2n) is 5.26. The van der Waals surface area contributed by atoms with Gasteiger partial charge in [-0.15, -0.1) is 0 Å². The summed E-state index contributed by atoms with van der Waals surface area (Å²) < 4.78 is 24.7. The first-order valence-electron chi connectivity index (χ1n) is 6.84. The molecule has 5 nitrogen and oxygen atoms in total. The Kier molecular flexibility index (Phi) is 5.24. The molecule has 1 amide bonds. The SMILES string of the molecule is CS(=O)(=O)N(CCNC(=O)Cc1ccc(Cl)cc1)C1CC1. The highest BCUT2D eigenvalue weighted by Gasteiger charge is 2.34. The smallest absolute Gasteiger partial charge is 0.224 e. The van der Waals surface area contributed by atoms with E-state index in [1.165, 1.54) is 10.6 Å². The Morgan fingerprint density at radius 3 is 2.48 bits per heavy atom. The minimum atomic E-state index is -3.20. The summed E-state index contributed by atoms with van der Waals surface area (Å²) in [7, 11) is -3.20. The highest BCUT2D eigenvalue weighted by atomic mass is 35.5. The number of carbonyl (C=O) groups excluding carboxylic acids is 1. The fourth-order valence-corrected chi connectivity index (χ4v) is 3.44. The predicted molar refractivity (Wildman–Crippen MR) is 82.7 cm³/mol. The van der Waals surface area contributed by atoms with Gasteiger partial charge in [0.15, 0.2) is 0 Å². The lowest BCUT2D eigenvalue weighted by Crippen LogP contribution is -2.39. The van der Waals surface area contributed by atoms with Crippen LogP contribution >= 0.6 is 11.6 Å². The number of hydrogen-bond acceptors (Lipinski definition) is 3. The molecule has 0 atom stereocenters. The maximum absolute atomic E-state index is 11.8. The molecule has 0 radical (unpaired) electrons. The van der Waals surface area contributed by atoms with E-state index in [0.717, 1.165) is 18.4 Å². The van der Waals surface area contributed by atoms with Crippen LogP contribution in [0, 0.1) is 0 Å². The van der Waals surface area contributed by atoms with Crippen molar-refractivity contribution in [2.24, 2.45) is 0 Å². The van der Waals surface area contributed by atoms with Crippen molar-refractivity contribution < 1.29 is 13.2 Å². The molecule has 0 spiro atoms. The van der Waals surface area contributed by atoms with Crippen LogP contribution in [0.15, 0.2) is 24.3 Å². The summed E-state index contributed by atoms with van der Waals surface area (Å²) in [6.07, 6.45) is 3.29.